The summed E-state index contributed by atoms with van der Waals surface area (Å²) in [4.78, 5) is 12.3. The topological polar surface area (TPSA) is 55.1 Å². The maximum Gasteiger partial charge on any atom is 0.256 e. The van der Waals surface area contributed by atoms with E-state index < -0.39 is 11.7 Å². The fraction of sp³-hybridized carbons (Fsp3) is 0.533. The van der Waals surface area contributed by atoms with Crippen molar-refractivity contribution in [3.8, 4) is 0 Å². The number of hydrogen-bond donors (Lipinski definition) is 2. The zero-order chi connectivity index (χ0) is 15.3. The molecule has 0 unspecified atom stereocenters. The second-order valence-corrected chi connectivity index (χ2v) is 7.03. The maximum absolute atomic E-state index is 13.8. The molecule has 5 heteroatoms. The first-order valence-corrected chi connectivity index (χ1v) is 6.98. The van der Waals surface area contributed by atoms with E-state index in [1.54, 1.807) is 0 Å². The van der Waals surface area contributed by atoms with E-state index in [1.807, 2.05) is 27.7 Å². The molecule has 1 aliphatic rings. The summed E-state index contributed by atoms with van der Waals surface area (Å²) in [5.74, 6) is -1.11. The van der Waals surface area contributed by atoms with E-state index >= 15 is 0 Å². The van der Waals surface area contributed by atoms with Crippen LogP contribution in [0, 0.1) is 16.6 Å². The van der Waals surface area contributed by atoms with Crippen molar-refractivity contribution in [2.24, 2.45) is 16.6 Å². The van der Waals surface area contributed by atoms with Crippen LogP contribution in [0.2, 0.25) is 5.02 Å². The third-order valence-electron chi connectivity index (χ3n) is 4.56. The van der Waals surface area contributed by atoms with E-state index in [9.17, 15) is 9.18 Å². The lowest BCUT2D eigenvalue weighted by Crippen LogP contribution is -2.76. The molecule has 0 bridgehead atoms. The normalized spacial score (nSPS) is 26.8. The predicted molar refractivity (Wildman–Crippen MR) is 78.2 cm³/mol. The van der Waals surface area contributed by atoms with Crippen LogP contribution in [0.3, 0.4) is 0 Å². The van der Waals surface area contributed by atoms with E-state index in [1.165, 1.54) is 18.2 Å². The van der Waals surface area contributed by atoms with Gasteiger partial charge in [-0.25, -0.2) is 4.39 Å². The molecular weight excluding hydrogens is 279 g/mol. The minimum Gasteiger partial charge on any atom is -0.348 e. The molecule has 1 saturated carbocycles. The van der Waals surface area contributed by atoms with Crippen LogP contribution in [-0.4, -0.2) is 18.0 Å². The van der Waals surface area contributed by atoms with Crippen LogP contribution in [0.4, 0.5) is 4.39 Å². The van der Waals surface area contributed by atoms with E-state index in [0.717, 1.165) is 0 Å². The van der Waals surface area contributed by atoms with E-state index in [2.05, 4.69) is 5.32 Å². The third kappa shape index (κ3) is 2.11. The average Bonchev–Trinajstić information content (AvgIpc) is 2.34. The molecule has 1 amide bonds. The van der Waals surface area contributed by atoms with Crippen molar-refractivity contribution >= 4 is 17.5 Å². The van der Waals surface area contributed by atoms with Gasteiger partial charge in [0.15, 0.2) is 0 Å². The van der Waals surface area contributed by atoms with Crippen molar-refractivity contribution in [3.63, 3.8) is 0 Å². The number of nitrogens with two attached hydrogens (primary N) is 1. The number of carbonyl (C=O) groups excluding carboxylic acids is 1. The SMILES string of the molecule is CC1(C)C(N)C(C)(C)C1NC(=O)c1c(F)cccc1Cl. The molecule has 20 heavy (non-hydrogen) atoms. The molecule has 2 rings (SSSR count). The molecule has 1 aromatic rings. The van der Waals surface area contributed by atoms with E-state index in [4.69, 9.17) is 17.3 Å². The standard InChI is InChI=1S/C15H20ClFN2O/c1-14(2)12(18)15(3,4)13(14)19-11(20)10-8(16)6-5-7-9(10)17/h5-7,12-13H,18H2,1-4H3,(H,19,20). The second-order valence-electron chi connectivity index (χ2n) is 6.62. The Morgan fingerprint density at radius 2 is 1.85 bits per heavy atom. The van der Waals surface area contributed by atoms with Gasteiger partial charge >= 0.3 is 0 Å². The number of nitrogens with one attached hydrogen (secondary N) is 1. The summed E-state index contributed by atoms with van der Waals surface area (Å²) in [7, 11) is 0. The Hall–Kier alpha value is -1.13. The molecule has 1 aliphatic carbocycles. The molecule has 3 N–H and O–H groups in total. The van der Waals surface area contributed by atoms with Crippen LogP contribution >= 0.6 is 11.6 Å². The summed E-state index contributed by atoms with van der Waals surface area (Å²) >= 11 is 5.91. The van der Waals surface area contributed by atoms with Crippen molar-refractivity contribution in [2.75, 3.05) is 0 Å². The van der Waals surface area contributed by atoms with Gasteiger partial charge in [0.25, 0.3) is 5.91 Å². The molecule has 0 heterocycles. The Bertz CT molecular complexity index is 521. The van der Waals surface area contributed by atoms with Gasteiger partial charge in [-0.2, -0.15) is 0 Å². The Morgan fingerprint density at radius 1 is 1.30 bits per heavy atom. The first-order valence-electron chi connectivity index (χ1n) is 6.60. The van der Waals surface area contributed by atoms with Gasteiger partial charge in [0.1, 0.15) is 5.82 Å². The summed E-state index contributed by atoms with van der Waals surface area (Å²) < 4.78 is 13.8. The summed E-state index contributed by atoms with van der Waals surface area (Å²) in [6.45, 7) is 7.99. The molecule has 0 atom stereocenters. The number of amides is 1. The Balaban J connectivity index is 2.25. The van der Waals surface area contributed by atoms with Crippen molar-refractivity contribution in [1.29, 1.82) is 0 Å². The fourth-order valence-electron chi connectivity index (χ4n) is 3.47. The van der Waals surface area contributed by atoms with Gasteiger partial charge in [-0.05, 0) is 12.1 Å². The lowest BCUT2D eigenvalue weighted by molar-refractivity contribution is -0.0664. The van der Waals surface area contributed by atoms with E-state index in [0.29, 0.717) is 0 Å². The minimum absolute atomic E-state index is 0.0311. The monoisotopic (exact) mass is 298 g/mol. The smallest absolute Gasteiger partial charge is 0.256 e. The number of benzene rings is 1. The van der Waals surface area contributed by atoms with Crippen LogP contribution in [0.15, 0.2) is 18.2 Å². The van der Waals surface area contributed by atoms with Crippen LogP contribution < -0.4 is 11.1 Å². The summed E-state index contributed by atoms with van der Waals surface area (Å²) in [5, 5.41) is 2.99. The highest BCUT2D eigenvalue weighted by atomic mass is 35.5. The molecule has 3 nitrogen and oxygen atoms in total. The van der Waals surface area contributed by atoms with Crippen LogP contribution in [0.1, 0.15) is 38.1 Å². The van der Waals surface area contributed by atoms with E-state index in [-0.39, 0.29) is 33.5 Å². The predicted octanol–water partition coefficient (Wildman–Crippen LogP) is 2.97. The quantitative estimate of drug-likeness (QED) is 0.882. The van der Waals surface area contributed by atoms with Gasteiger partial charge in [0.2, 0.25) is 0 Å². The Labute approximate surface area is 123 Å². The highest BCUT2D eigenvalue weighted by Gasteiger charge is 2.60. The van der Waals surface area contributed by atoms with Gasteiger partial charge in [0.05, 0.1) is 10.6 Å². The highest BCUT2D eigenvalue weighted by molar-refractivity contribution is 6.33. The fourth-order valence-corrected chi connectivity index (χ4v) is 3.72. The lowest BCUT2D eigenvalue weighted by atomic mass is 9.48. The molecular formula is C15H20ClFN2O. The van der Waals surface area contributed by atoms with Crippen molar-refractivity contribution in [1.82, 2.24) is 5.32 Å². The third-order valence-corrected chi connectivity index (χ3v) is 4.87. The van der Waals surface area contributed by atoms with Gasteiger partial charge < -0.3 is 11.1 Å². The largest absolute Gasteiger partial charge is 0.348 e. The molecule has 0 saturated heterocycles. The first-order chi connectivity index (χ1) is 9.10. The van der Waals surface area contributed by atoms with Crippen LogP contribution in [0.5, 0.6) is 0 Å². The summed E-state index contributed by atoms with van der Waals surface area (Å²) in [6, 6.07) is 4.04. The molecule has 1 fully saturated rings. The number of hydrogen-bond acceptors (Lipinski definition) is 2. The Kier molecular flexibility index (Phi) is 3.59. The molecule has 1 aromatic carbocycles. The molecule has 0 aromatic heterocycles. The van der Waals surface area contributed by atoms with Crippen LogP contribution in [0.25, 0.3) is 0 Å². The highest BCUT2D eigenvalue weighted by Crippen LogP contribution is 2.52. The van der Waals surface area contributed by atoms with Crippen molar-refractivity contribution < 1.29 is 9.18 Å². The number of rotatable bonds is 2. The molecule has 0 radical (unpaired) electrons. The molecule has 0 spiro atoms. The average molecular weight is 299 g/mol. The summed E-state index contributed by atoms with van der Waals surface area (Å²) in [6.07, 6.45) is 0. The lowest BCUT2D eigenvalue weighted by Gasteiger charge is -2.62. The second kappa shape index (κ2) is 4.71. The van der Waals surface area contributed by atoms with Crippen LogP contribution in [-0.2, 0) is 0 Å². The number of halogens is 2. The van der Waals surface area contributed by atoms with Gasteiger partial charge in [-0.15, -0.1) is 0 Å². The van der Waals surface area contributed by atoms with Gasteiger partial charge in [0, 0.05) is 22.9 Å². The molecule has 0 aliphatic heterocycles. The minimum atomic E-state index is -0.616. The zero-order valence-electron chi connectivity index (χ0n) is 12.1. The number of carbonyl (C=O) groups is 1. The Morgan fingerprint density at radius 3 is 2.35 bits per heavy atom. The van der Waals surface area contributed by atoms with Crippen molar-refractivity contribution in [3.05, 3.63) is 34.6 Å². The summed E-state index contributed by atoms with van der Waals surface area (Å²) in [5.41, 5.74) is 5.56. The van der Waals surface area contributed by atoms with Crippen molar-refractivity contribution in [2.45, 2.75) is 39.8 Å². The maximum atomic E-state index is 13.8. The first kappa shape index (κ1) is 15.3. The molecule has 110 valence electrons. The van der Waals surface area contributed by atoms with Gasteiger partial charge in [-0.3, -0.25) is 4.79 Å². The van der Waals surface area contributed by atoms with Gasteiger partial charge in [-0.1, -0.05) is 45.4 Å². The zero-order valence-corrected chi connectivity index (χ0v) is 12.9.